The third kappa shape index (κ3) is 2.84. The lowest BCUT2D eigenvalue weighted by Crippen LogP contribution is -2.13. The van der Waals surface area contributed by atoms with E-state index in [9.17, 15) is 4.39 Å². The van der Waals surface area contributed by atoms with Crippen LogP contribution in [0.5, 0.6) is 0 Å². The minimum atomic E-state index is -0.211. The summed E-state index contributed by atoms with van der Waals surface area (Å²) >= 11 is 4.80. The summed E-state index contributed by atoms with van der Waals surface area (Å²) < 4.78 is 20.0. The molecule has 1 aromatic carbocycles. The van der Waals surface area contributed by atoms with Crippen molar-refractivity contribution in [2.75, 3.05) is 6.61 Å². The van der Waals surface area contributed by atoms with Crippen LogP contribution in [0.15, 0.2) is 21.5 Å². The van der Waals surface area contributed by atoms with E-state index in [0.717, 1.165) is 18.6 Å². The summed E-state index contributed by atoms with van der Waals surface area (Å²) in [7, 11) is 0. The summed E-state index contributed by atoms with van der Waals surface area (Å²) in [4.78, 5) is 0.663. The molecular formula is C12H15BrFNOS. The Morgan fingerprint density at radius 1 is 1.59 bits per heavy atom. The predicted octanol–water partition coefficient (Wildman–Crippen LogP) is 3.32. The fourth-order valence-electron chi connectivity index (χ4n) is 1.85. The lowest BCUT2D eigenvalue weighted by atomic mass is 10.2. The molecule has 0 aliphatic carbocycles. The monoisotopic (exact) mass is 319 g/mol. The molecule has 5 heteroatoms. The van der Waals surface area contributed by atoms with Crippen molar-refractivity contribution in [3.05, 3.63) is 28.0 Å². The van der Waals surface area contributed by atoms with Crippen molar-refractivity contribution in [1.29, 1.82) is 0 Å². The first-order chi connectivity index (χ1) is 8.13. The molecule has 0 saturated carbocycles. The van der Waals surface area contributed by atoms with Gasteiger partial charge in [0.1, 0.15) is 0 Å². The molecule has 0 radical (unpaired) electrons. The van der Waals surface area contributed by atoms with Crippen molar-refractivity contribution in [2.45, 2.75) is 36.1 Å². The molecule has 2 unspecified atom stereocenters. The maximum Gasteiger partial charge on any atom is 0.151 e. The molecule has 1 fully saturated rings. The molecule has 0 spiro atoms. The van der Waals surface area contributed by atoms with Gasteiger partial charge in [0, 0.05) is 23.3 Å². The molecule has 0 amide bonds. The van der Waals surface area contributed by atoms with E-state index < -0.39 is 0 Å². The van der Waals surface area contributed by atoms with E-state index in [-0.39, 0.29) is 11.9 Å². The van der Waals surface area contributed by atoms with E-state index in [4.69, 9.17) is 10.5 Å². The van der Waals surface area contributed by atoms with Gasteiger partial charge in [-0.3, -0.25) is 0 Å². The normalized spacial score (nSPS) is 24.2. The zero-order chi connectivity index (χ0) is 12.4. The van der Waals surface area contributed by atoms with Crippen molar-refractivity contribution in [1.82, 2.24) is 0 Å². The minimum Gasteiger partial charge on any atom is -0.377 e. The molecule has 1 aromatic rings. The summed E-state index contributed by atoms with van der Waals surface area (Å²) in [6, 6.07) is 3.67. The largest absolute Gasteiger partial charge is 0.377 e. The second-order valence-electron chi connectivity index (χ2n) is 4.08. The van der Waals surface area contributed by atoms with E-state index in [1.807, 2.05) is 13.0 Å². The van der Waals surface area contributed by atoms with Gasteiger partial charge in [-0.15, -0.1) is 11.8 Å². The molecule has 1 aliphatic heterocycles. The summed E-state index contributed by atoms with van der Waals surface area (Å²) in [5, 5.41) is 0.333. The van der Waals surface area contributed by atoms with Crippen LogP contribution >= 0.6 is 27.7 Å². The van der Waals surface area contributed by atoms with Crippen LogP contribution in [-0.2, 0) is 11.3 Å². The smallest absolute Gasteiger partial charge is 0.151 e. The topological polar surface area (TPSA) is 35.2 Å². The van der Waals surface area contributed by atoms with Crippen LogP contribution < -0.4 is 5.73 Å². The fourth-order valence-corrected chi connectivity index (χ4v) is 3.65. The van der Waals surface area contributed by atoms with Crippen molar-refractivity contribution in [3.63, 3.8) is 0 Å². The first-order valence-electron chi connectivity index (χ1n) is 5.58. The summed E-state index contributed by atoms with van der Waals surface area (Å²) in [6.07, 6.45) is 1.16. The van der Waals surface area contributed by atoms with Gasteiger partial charge in [0.05, 0.1) is 10.6 Å². The third-order valence-corrected chi connectivity index (χ3v) is 5.28. The lowest BCUT2D eigenvalue weighted by Gasteiger charge is -2.15. The van der Waals surface area contributed by atoms with Gasteiger partial charge in [-0.05, 0) is 40.9 Å². The maximum atomic E-state index is 14.1. The van der Waals surface area contributed by atoms with E-state index in [0.29, 0.717) is 21.2 Å². The average molecular weight is 320 g/mol. The summed E-state index contributed by atoms with van der Waals surface area (Å²) in [5.74, 6) is -0.211. The highest BCUT2D eigenvalue weighted by Gasteiger charge is 2.26. The highest BCUT2D eigenvalue weighted by molar-refractivity contribution is 9.10. The van der Waals surface area contributed by atoms with Crippen LogP contribution in [0, 0.1) is 5.82 Å². The average Bonchev–Trinajstić information content (AvgIpc) is 2.71. The Hall–Kier alpha value is -0.100. The molecule has 94 valence electrons. The number of nitrogens with two attached hydrogens (primary N) is 1. The van der Waals surface area contributed by atoms with Gasteiger partial charge in [0.15, 0.2) is 5.82 Å². The molecule has 17 heavy (non-hydrogen) atoms. The van der Waals surface area contributed by atoms with Crippen LogP contribution in [0.3, 0.4) is 0 Å². The number of hydrogen-bond donors (Lipinski definition) is 1. The zero-order valence-corrected chi connectivity index (χ0v) is 12.0. The number of benzene rings is 1. The van der Waals surface area contributed by atoms with Crippen molar-refractivity contribution < 1.29 is 9.13 Å². The van der Waals surface area contributed by atoms with Gasteiger partial charge >= 0.3 is 0 Å². The molecule has 2 nitrogen and oxygen atoms in total. The Bertz CT molecular complexity index is 416. The first kappa shape index (κ1) is 13.3. The fraction of sp³-hybridized carbons (Fsp3) is 0.500. The van der Waals surface area contributed by atoms with E-state index in [1.54, 1.807) is 17.8 Å². The highest BCUT2D eigenvalue weighted by Crippen LogP contribution is 2.36. The summed E-state index contributed by atoms with van der Waals surface area (Å²) in [5.41, 5.74) is 6.33. The zero-order valence-electron chi connectivity index (χ0n) is 9.58. The molecule has 1 saturated heterocycles. The van der Waals surface area contributed by atoms with E-state index in [1.165, 1.54) is 0 Å². The van der Waals surface area contributed by atoms with Crippen molar-refractivity contribution in [2.24, 2.45) is 5.73 Å². The Morgan fingerprint density at radius 3 is 2.94 bits per heavy atom. The van der Waals surface area contributed by atoms with Crippen molar-refractivity contribution in [3.8, 4) is 0 Å². The lowest BCUT2D eigenvalue weighted by molar-refractivity contribution is 0.127. The Morgan fingerprint density at radius 2 is 2.35 bits per heavy atom. The summed E-state index contributed by atoms with van der Waals surface area (Å²) in [6.45, 7) is 3.14. The van der Waals surface area contributed by atoms with Gasteiger partial charge in [0.25, 0.3) is 0 Å². The minimum absolute atomic E-state index is 0.187. The molecular weight excluding hydrogens is 305 g/mol. The predicted molar refractivity (Wildman–Crippen MR) is 71.7 cm³/mol. The van der Waals surface area contributed by atoms with Crippen molar-refractivity contribution >= 4 is 27.7 Å². The number of halogens is 2. The molecule has 1 aliphatic rings. The SMILES string of the molecule is CC1OCCC1Sc1ccc(CN)c(Br)c1F. The number of ether oxygens (including phenoxy) is 1. The quantitative estimate of drug-likeness (QED) is 0.928. The number of thioether (sulfide) groups is 1. The van der Waals surface area contributed by atoms with Gasteiger partial charge < -0.3 is 10.5 Å². The van der Waals surface area contributed by atoms with Gasteiger partial charge in [0.2, 0.25) is 0 Å². The van der Waals surface area contributed by atoms with Gasteiger partial charge in [-0.1, -0.05) is 6.07 Å². The second-order valence-corrected chi connectivity index (χ2v) is 6.15. The molecule has 2 atom stereocenters. The van der Waals surface area contributed by atoms with Gasteiger partial charge in [-0.2, -0.15) is 0 Å². The number of rotatable bonds is 3. The highest BCUT2D eigenvalue weighted by atomic mass is 79.9. The second kappa shape index (κ2) is 5.69. The maximum absolute atomic E-state index is 14.1. The Kier molecular flexibility index (Phi) is 4.47. The number of hydrogen-bond acceptors (Lipinski definition) is 3. The standard InChI is InChI=1S/C12H15BrFNOS/c1-7-9(4-5-16-7)17-10-3-2-8(6-15)11(13)12(10)14/h2-3,7,9H,4-6,15H2,1H3. The van der Waals surface area contributed by atoms with Crippen LogP contribution in [0.4, 0.5) is 4.39 Å². The van der Waals surface area contributed by atoms with Crippen LogP contribution in [-0.4, -0.2) is 18.0 Å². The Balaban J connectivity index is 2.19. The van der Waals surface area contributed by atoms with Gasteiger partial charge in [-0.25, -0.2) is 4.39 Å². The first-order valence-corrected chi connectivity index (χ1v) is 7.26. The van der Waals surface area contributed by atoms with Crippen LogP contribution in [0.25, 0.3) is 0 Å². The Labute approximate surface area is 113 Å². The van der Waals surface area contributed by atoms with Crippen LogP contribution in [0.1, 0.15) is 18.9 Å². The molecule has 2 N–H and O–H groups in total. The molecule has 0 aromatic heterocycles. The molecule has 1 heterocycles. The third-order valence-electron chi connectivity index (χ3n) is 2.93. The molecule has 2 rings (SSSR count). The van der Waals surface area contributed by atoms with E-state index >= 15 is 0 Å². The van der Waals surface area contributed by atoms with E-state index in [2.05, 4.69) is 15.9 Å². The molecule has 0 bridgehead atoms. The van der Waals surface area contributed by atoms with Crippen LogP contribution in [0.2, 0.25) is 0 Å².